The van der Waals surface area contributed by atoms with Crippen LogP contribution in [0.4, 0.5) is 5.82 Å². The molecule has 3 rings (SSSR count). The number of nitrogens with zero attached hydrogens (tertiary/aromatic N) is 5. The third kappa shape index (κ3) is 3.23. The van der Waals surface area contributed by atoms with Crippen LogP contribution in [0.25, 0.3) is 10.3 Å². The van der Waals surface area contributed by atoms with Crippen LogP contribution in [0.5, 0.6) is 0 Å². The maximum atomic E-state index is 4.54. The minimum absolute atomic E-state index is 0.359. The van der Waals surface area contributed by atoms with Gasteiger partial charge in [-0.1, -0.05) is 11.8 Å². The smallest absolute Gasteiger partial charge is 0.176 e. The third-order valence-corrected chi connectivity index (χ3v) is 6.14. The van der Waals surface area contributed by atoms with Crippen molar-refractivity contribution >= 4 is 50.6 Å². The molecule has 0 N–H and O–H groups in total. The maximum Gasteiger partial charge on any atom is 0.176 e. The van der Waals surface area contributed by atoms with Crippen molar-refractivity contribution in [1.82, 2.24) is 19.9 Å². The molecule has 0 aromatic carbocycles. The van der Waals surface area contributed by atoms with E-state index in [9.17, 15) is 0 Å². The fourth-order valence-corrected chi connectivity index (χ4v) is 4.34. The lowest BCUT2D eigenvalue weighted by atomic mass is 10.3. The standard InChI is InChI=1S/C14H17N5S3/c1-9(2)19(6-4-10-15-5-7-21-10)13-11-12(16-8-17-13)18-14(20-3)22-11/h5,7-9H,4,6H2,1-3H3. The van der Waals surface area contributed by atoms with E-state index < -0.39 is 0 Å². The molecular formula is C14H17N5S3. The number of anilines is 1. The number of thiazole rings is 2. The Balaban J connectivity index is 1.92. The summed E-state index contributed by atoms with van der Waals surface area (Å²) >= 11 is 5.01. The normalized spacial score (nSPS) is 11.5. The molecule has 0 aliphatic carbocycles. The molecule has 0 atom stereocenters. The van der Waals surface area contributed by atoms with Crippen molar-refractivity contribution in [1.29, 1.82) is 0 Å². The second-order valence-electron chi connectivity index (χ2n) is 5.00. The van der Waals surface area contributed by atoms with Gasteiger partial charge >= 0.3 is 0 Å². The minimum atomic E-state index is 0.359. The average molecular weight is 352 g/mol. The Morgan fingerprint density at radius 3 is 2.82 bits per heavy atom. The zero-order chi connectivity index (χ0) is 15.5. The lowest BCUT2D eigenvalue weighted by Gasteiger charge is -2.27. The molecule has 0 saturated heterocycles. The first-order valence-electron chi connectivity index (χ1n) is 6.99. The van der Waals surface area contributed by atoms with Crippen molar-refractivity contribution in [2.24, 2.45) is 0 Å². The van der Waals surface area contributed by atoms with Crippen LogP contribution in [0.1, 0.15) is 18.9 Å². The minimum Gasteiger partial charge on any atom is -0.352 e. The summed E-state index contributed by atoms with van der Waals surface area (Å²) in [6, 6.07) is 0.359. The summed E-state index contributed by atoms with van der Waals surface area (Å²) in [6.07, 6.45) is 6.43. The molecule has 22 heavy (non-hydrogen) atoms. The molecule has 0 radical (unpaired) electrons. The Morgan fingerprint density at radius 2 is 2.14 bits per heavy atom. The number of aromatic nitrogens is 4. The molecule has 3 aromatic rings. The second-order valence-corrected chi connectivity index (χ2v) is 8.03. The first kappa shape index (κ1) is 15.6. The van der Waals surface area contributed by atoms with Crippen LogP contribution in [0.15, 0.2) is 22.2 Å². The van der Waals surface area contributed by atoms with Gasteiger partial charge in [0.2, 0.25) is 0 Å². The zero-order valence-electron chi connectivity index (χ0n) is 12.7. The first-order chi connectivity index (χ1) is 10.7. The summed E-state index contributed by atoms with van der Waals surface area (Å²) < 4.78 is 2.10. The molecule has 3 aromatic heterocycles. The molecule has 0 aliphatic heterocycles. The van der Waals surface area contributed by atoms with Gasteiger partial charge in [0, 0.05) is 30.6 Å². The van der Waals surface area contributed by atoms with Crippen molar-refractivity contribution < 1.29 is 0 Å². The molecule has 116 valence electrons. The molecule has 3 heterocycles. The largest absolute Gasteiger partial charge is 0.352 e. The van der Waals surface area contributed by atoms with E-state index in [0.29, 0.717) is 6.04 Å². The predicted octanol–water partition coefficient (Wildman–Crippen LogP) is 3.72. The van der Waals surface area contributed by atoms with E-state index in [0.717, 1.165) is 38.5 Å². The quantitative estimate of drug-likeness (QED) is 0.631. The number of hydrogen-bond donors (Lipinski definition) is 0. The van der Waals surface area contributed by atoms with Crippen molar-refractivity contribution in [2.75, 3.05) is 17.7 Å². The van der Waals surface area contributed by atoms with Crippen LogP contribution in [0.3, 0.4) is 0 Å². The number of rotatable bonds is 6. The Kier molecular flexibility index (Phi) is 4.90. The van der Waals surface area contributed by atoms with Crippen molar-refractivity contribution in [2.45, 2.75) is 30.6 Å². The maximum absolute atomic E-state index is 4.54. The monoisotopic (exact) mass is 351 g/mol. The topological polar surface area (TPSA) is 54.8 Å². The molecule has 0 bridgehead atoms. The fraction of sp³-hybridized carbons (Fsp3) is 0.429. The van der Waals surface area contributed by atoms with Crippen molar-refractivity contribution in [3.63, 3.8) is 0 Å². The molecule has 0 spiro atoms. The van der Waals surface area contributed by atoms with Gasteiger partial charge in [-0.3, -0.25) is 0 Å². The van der Waals surface area contributed by atoms with E-state index in [4.69, 9.17) is 0 Å². The van der Waals surface area contributed by atoms with Crippen LogP contribution in [0.2, 0.25) is 0 Å². The van der Waals surface area contributed by atoms with Crippen LogP contribution in [0, 0.1) is 0 Å². The lowest BCUT2D eigenvalue weighted by Crippen LogP contribution is -2.33. The van der Waals surface area contributed by atoms with E-state index in [2.05, 4.69) is 38.7 Å². The van der Waals surface area contributed by atoms with E-state index in [1.807, 2.05) is 17.8 Å². The molecule has 8 heteroatoms. The number of hydrogen-bond acceptors (Lipinski definition) is 8. The summed E-state index contributed by atoms with van der Waals surface area (Å²) in [5.41, 5.74) is 0.791. The van der Waals surface area contributed by atoms with E-state index >= 15 is 0 Å². The first-order valence-corrected chi connectivity index (χ1v) is 9.91. The van der Waals surface area contributed by atoms with Gasteiger partial charge in [0.05, 0.1) is 5.01 Å². The zero-order valence-corrected chi connectivity index (χ0v) is 15.1. The average Bonchev–Trinajstić information content (AvgIpc) is 3.15. The molecule has 0 fully saturated rings. The van der Waals surface area contributed by atoms with Gasteiger partial charge in [-0.2, -0.15) is 0 Å². The van der Waals surface area contributed by atoms with Crippen LogP contribution in [-0.4, -0.2) is 38.8 Å². The van der Waals surface area contributed by atoms with E-state index in [-0.39, 0.29) is 0 Å². The summed E-state index contributed by atoms with van der Waals surface area (Å²) in [7, 11) is 0. The summed E-state index contributed by atoms with van der Waals surface area (Å²) in [5.74, 6) is 0.981. The Bertz CT molecular complexity index is 738. The summed E-state index contributed by atoms with van der Waals surface area (Å²) in [4.78, 5) is 20.1. The highest BCUT2D eigenvalue weighted by molar-refractivity contribution is 8.00. The van der Waals surface area contributed by atoms with Gasteiger partial charge in [-0.15, -0.1) is 22.7 Å². The Hall–Kier alpha value is -1.25. The van der Waals surface area contributed by atoms with Crippen molar-refractivity contribution in [3.05, 3.63) is 22.9 Å². The Morgan fingerprint density at radius 1 is 1.27 bits per heavy atom. The van der Waals surface area contributed by atoms with Gasteiger partial charge in [0.1, 0.15) is 11.0 Å². The third-order valence-electron chi connectivity index (χ3n) is 3.27. The SMILES string of the molecule is CSc1nc2ncnc(N(CCc3nccs3)C(C)C)c2s1. The molecule has 0 amide bonds. The lowest BCUT2D eigenvalue weighted by molar-refractivity contribution is 0.671. The molecule has 5 nitrogen and oxygen atoms in total. The molecule has 0 saturated carbocycles. The van der Waals surface area contributed by atoms with Crippen LogP contribution in [-0.2, 0) is 6.42 Å². The Labute approximate surface area is 141 Å². The number of fused-ring (bicyclic) bond motifs is 1. The van der Waals surface area contributed by atoms with Crippen LogP contribution < -0.4 is 4.90 Å². The highest BCUT2D eigenvalue weighted by Crippen LogP contribution is 2.33. The fourth-order valence-electron chi connectivity index (χ4n) is 2.22. The van der Waals surface area contributed by atoms with Gasteiger partial charge in [0.25, 0.3) is 0 Å². The molecular weight excluding hydrogens is 334 g/mol. The van der Waals surface area contributed by atoms with Crippen LogP contribution >= 0.6 is 34.4 Å². The van der Waals surface area contributed by atoms with Gasteiger partial charge in [-0.25, -0.2) is 19.9 Å². The second kappa shape index (κ2) is 6.89. The predicted molar refractivity (Wildman–Crippen MR) is 95.3 cm³/mol. The summed E-state index contributed by atoms with van der Waals surface area (Å²) in [5, 5.41) is 3.18. The van der Waals surface area contributed by atoms with Gasteiger partial charge < -0.3 is 4.90 Å². The van der Waals surface area contributed by atoms with E-state index in [1.165, 1.54) is 0 Å². The molecule has 0 aliphatic rings. The number of thioether (sulfide) groups is 1. The highest BCUT2D eigenvalue weighted by atomic mass is 32.2. The summed E-state index contributed by atoms with van der Waals surface area (Å²) in [6.45, 7) is 5.27. The van der Waals surface area contributed by atoms with E-state index in [1.54, 1.807) is 40.8 Å². The molecule has 0 unspecified atom stereocenters. The van der Waals surface area contributed by atoms with Crippen molar-refractivity contribution in [3.8, 4) is 0 Å². The van der Waals surface area contributed by atoms with Gasteiger partial charge in [-0.05, 0) is 20.1 Å². The highest BCUT2D eigenvalue weighted by Gasteiger charge is 2.18. The van der Waals surface area contributed by atoms with Gasteiger partial charge in [0.15, 0.2) is 15.8 Å².